The van der Waals surface area contributed by atoms with Crippen molar-refractivity contribution in [3.63, 3.8) is 0 Å². The van der Waals surface area contributed by atoms with Gasteiger partial charge in [0.25, 0.3) is 0 Å². The summed E-state index contributed by atoms with van der Waals surface area (Å²) in [7, 11) is 0. The fourth-order valence-electron chi connectivity index (χ4n) is 3.75. The molecule has 132 valence electrons. The number of carbonyl (C=O) groups is 1. The van der Waals surface area contributed by atoms with E-state index in [9.17, 15) is 18.7 Å². The molecule has 4 atom stereocenters. The molecule has 1 N–H and O–H groups in total. The highest BCUT2D eigenvalue weighted by Gasteiger charge is 2.40. The van der Waals surface area contributed by atoms with E-state index in [-0.39, 0.29) is 36.5 Å². The fraction of sp³-hybridized carbons (Fsp3) is 0.611. The van der Waals surface area contributed by atoms with Crippen molar-refractivity contribution in [3.05, 3.63) is 35.4 Å². The van der Waals surface area contributed by atoms with Crippen LogP contribution in [0.5, 0.6) is 0 Å². The van der Waals surface area contributed by atoms with Crippen LogP contribution in [0.4, 0.5) is 8.78 Å². The molecular weight excluding hydrogens is 316 g/mol. The number of hydrogen-bond acceptors (Lipinski definition) is 3. The molecule has 0 aromatic heterocycles. The number of aliphatic hydroxyl groups excluding tert-OH is 1. The molecule has 2 fully saturated rings. The van der Waals surface area contributed by atoms with Gasteiger partial charge in [-0.25, -0.2) is 8.78 Å². The van der Waals surface area contributed by atoms with Crippen LogP contribution < -0.4 is 0 Å². The fourth-order valence-corrected chi connectivity index (χ4v) is 3.75. The lowest BCUT2D eigenvalue weighted by Gasteiger charge is -2.33. The summed E-state index contributed by atoms with van der Waals surface area (Å²) in [5, 5.41) is 10.0. The second-order valence-corrected chi connectivity index (χ2v) is 6.68. The molecule has 1 aromatic carbocycles. The van der Waals surface area contributed by atoms with E-state index in [4.69, 9.17) is 4.74 Å². The van der Waals surface area contributed by atoms with Crippen LogP contribution in [-0.2, 0) is 9.53 Å². The number of aliphatic hydroxyl groups is 1. The number of rotatable bonds is 3. The maximum Gasteiger partial charge on any atom is 0.226 e. The predicted octanol–water partition coefficient (Wildman–Crippen LogP) is 2.80. The van der Waals surface area contributed by atoms with Crippen molar-refractivity contribution in [1.29, 1.82) is 0 Å². The monoisotopic (exact) mass is 339 g/mol. The van der Waals surface area contributed by atoms with Gasteiger partial charge in [0.2, 0.25) is 5.91 Å². The van der Waals surface area contributed by atoms with E-state index in [0.717, 1.165) is 24.6 Å². The zero-order chi connectivity index (χ0) is 17.3. The van der Waals surface area contributed by atoms with Crippen molar-refractivity contribution in [2.45, 2.75) is 50.9 Å². The predicted molar refractivity (Wildman–Crippen MR) is 84.2 cm³/mol. The van der Waals surface area contributed by atoms with Gasteiger partial charge in [-0.05, 0) is 43.9 Å². The van der Waals surface area contributed by atoms with Gasteiger partial charge in [-0.3, -0.25) is 4.79 Å². The van der Waals surface area contributed by atoms with E-state index in [1.807, 2.05) is 6.92 Å². The molecule has 2 aliphatic heterocycles. The first-order valence-corrected chi connectivity index (χ1v) is 8.54. The van der Waals surface area contributed by atoms with Crippen LogP contribution in [0.1, 0.15) is 44.2 Å². The quantitative estimate of drug-likeness (QED) is 0.921. The second kappa shape index (κ2) is 7.15. The maximum atomic E-state index is 14.1. The summed E-state index contributed by atoms with van der Waals surface area (Å²) in [6, 6.07) is 2.63. The highest BCUT2D eigenvalue weighted by molar-refractivity contribution is 5.80. The minimum absolute atomic E-state index is 0.0598. The van der Waals surface area contributed by atoms with Gasteiger partial charge in [-0.15, -0.1) is 0 Å². The zero-order valence-electron chi connectivity index (χ0n) is 13.8. The minimum Gasteiger partial charge on any atom is -0.391 e. The number of carbonyl (C=O) groups excluding carboxylic acids is 1. The summed E-state index contributed by atoms with van der Waals surface area (Å²) in [6.45, 7) is 2.71. The third-order valence-electron chi connectivity index (χ3n) is 5.05. The molecule has 2 heterocycles. The summed E-state index contributed by atoms with van der Waals surface area (Å²) in [5.74, 6) is -1.38. The van der Waals surface area contributed by atoms with Crippen molar-refractivity contribution in [1.82, 2.24) is 4.90 Å². The minimum atomic E-state index is -0.719. The van der Waals surface area contributed by atoms with E-state index >= 15 is 0 Å². The Morgan fingerprint density at radius 2 is 2.17 bits per heavy atom. The Balaban J connectivity index is 1.82. The van der Waals surface area contributed by atoms with Gasteiger partial charge in [0, 0.05) is 24.6 Å². The van der Waals surface area contributed by atoms with Crippen LogP contribution in [0, 0.1) is 17.6 Å². The number of likely N-dealkylation sites (tertiary alicyclic amines) is 1. The molecule has 1 amide bonds. The topological polar surface area (TPSA) is 49.8 Å². The summed E-state index contributed by atoms with van der Waals surface area (Å²) in [4.78, 5) is 14.4. The van der Waals surface area contributed by atoms with Gasteiger partial charge in [-0.1, -0.05) is 6.92 Å². The van der Waals surface area contributed by atoms with Crippen molar-refractivity contribution < 1.29 is 23.4 Å². The number of amides is 1. The summed E-state index contributed by atoms with van der Waals surface area (Å²) >= 11 is 0. The first-order valence-electron chi connectivity index (χ1n) is 8.54. The SMILES string of the molecule is CC[C@@H]1C[C@H](C(=O)N2C[C@@H](O)C[C@@H]2c2cc(F)ccc2F)CCO1. The van der Waals surface area contributed by atoms with Crippen molar-refractivity contribution in [3.8, 4) is 0 Å². The summed E-state index contributed by atoms with van der Waals surface area (Å²) in [5.41, 5.74) is 0.138. The van der Waals surface area contributed by atoms with E-state index in [2.05, 4.69) is 0 Å². The highest BCUT2D eigenvalue weighted by atomic mass is 19.1. The Kier molecular flexibility index (Phi) is 5.15. The zero-order valence-corrected chi connectivity index (χ0v) is 13.8. The smallest absolute Gasteiger partial charge is 0.226 e. The standard InChI is InChI=1S/C18H23F2NO3/c1-2-14-7-11(5-6-24-14)18(23)21-10-13(22)9-17(21)15-8-12(19)3-4-16(15)20/h3-4,8,11,13-14,17,22H,2,5-7,9-10H2,1H3/t11-,13+,14-,17-/m1/s1. The van der Waals surface area contributed by atoms with Crippen LogP contribution >= 0.6 is 0 Å². The molecule has 3 rings (SSSR count). The molecule has 24 heavy (non-hydrogen) atoms. The number of hydrogen-bond donors (Lipinski definition) is 1. The molecule has 2 saturated heterocycles. The Morgan fingerprint density at radius 3 is 2.92 bits per heavy atom. The Labute approximate surface area is 140 Å². The van der Waals surface area contributed by atoms with Crippen LogP contribution in [0.15, 0.2) is 18.2 Å². The van der Waals surface area contributed by atoms with E-state index in [0.29, 0.717) is 19.4 Å². The lowest BCUT2D eigenvalue weighted by molar-refractivity contribution is -0.142. The van der Waals surface area contributed by atoms with Crippen molar-refractivity contribution in [2.24, 2.45) is 5.92 Å². The maximum absolute atomic E-state index is 14.1. The number of ether oxygens (including phenoxy) is 1. The third kappa shape index (κ3) is 3.44. The average molecular weight is 339 g/mol. The lowest BCUT2D eigenvalue weighted by Crippen LogP contribution is -2.40. The molecule has 0 radical (unpaired) electrons. The number of β-amino-alcohol motifs (C(OH)–C–C–N with tert-alkyl or cyclic N) is 1. The first-order chi connectivity index (χ1) is 11.5. The lowest BCUT2D eigenvalue weighted by atomic mass is 9.92. The van der Waals surface area contributed by atoms with Crippen LogP contribution in [-0.4, -0.2) is 41.3 Å². The largest absolute Gasteiger partial charge is 0.391 e. The molecule has 4 nitrogen and oxygen atoms in total. The molecule has 0 bridgehead atoms. The molecule has 0 unspecified atom stereocenters. The van der Waals surface area contributed by atoms with Crippen LogP contribution in [0.2, 0.25) is 0 Å². The molecule has 6 heteroatoms. The van der Waals surface area contributed by atoms with Gasteiger partial charge in [0.05, 0.1) is 18.2 Å². The normalized spacial score (nSPS) is 30.6. The third-order valence-corrected chi connectivity index (χ3v) is 5.05. The van der Waals surface area contributed by atoms with Gasteiger partial charge >= 0.3 is 0 Å². The Hall–Kier alpha value is -1.53. The van der Waals surface area contributed by atoms with Gasteiger partial charge in [0.1, 0.15) is 11.6 Å². The van der Waals surface area contributed by atoms with Crippen LogP contribution in [0.25, 0.3) is 0 Å². The second-order valence-electron chi connectivity index (χ2n) is 6.68. The van der Waals surface area contributed by atoms with Crippen molar-refractivity contribution in [2.75, 3.05) is 13.2 Å². The Bertz CT molecular complexity index is 610. The molecule has 2 aliphatic rings. The van der Waals surface area contributed by atoms with E-state index in [1.165, 1.54) is 4.90 Å². The molecule has 0 spiro atoms. The first kappa shape index (κ1) is 17.3. The Morgan fingerprint density at radius 1 is 1.38 bits per heavy atom. The van der Waals surface area contributed by atoms with E-state index in [1.54, 1.807) is 0 Å². The number of halogens is 2. The van der Waals surface area contributed by atoms with Crippen LogP contribution in [0.3, 0.4) is 0 Å². The van der Waals surface area contributed by atoms with E-state index < -0.39 is 23.8 Å². The number of nitrogens with zero attached hydrogens (tertiary/aromatic N) is 1. The van der Waals surface area contributed by atoms with Gasteiger partial charge in [-0.2, -0.15) is 0 Å². The van der Waals surface area contributed by atoms with Gasteiger partial charge < -0.3 is 14.7 Å². The highest BCUT2D eigenvalue weighted by Crippen LogP contribution is 2.36. The molecule has 0 aliphatic carbocycles. The van der Waals surface area contributed by atoms with Gasteiger partial charge in [0.15, 0.2) is 0 Å². The molecule has 0 saturated carbocycles. The summed E-state index contributed by atoms with van der Waals surface area (Å²) < 4.78 is 33.3. The molecular formula is C18H23F2NO3. The molecule has 1 aromatic rings. The summed E-state index contributed by atoms with van der Waals surface area (Å²) in [6.07, 6.45) is 1.68. The number of benzene rings is 1. The van der Waals surface area contributed by atoms with Crippen molar-refractivity contribution >= 4 is 5.91 Å². The average Bonchev–Trinajstić information content (AvgIpc) is 2.98.